The highest BCUT2D eigenvalue weighted by Crippen LogP contribution is 2.41. The van der Waals surface area contributed by atoms with Crippen LogP contribution in [0.2, 0.25) is 36.3 Å². The molecule has 5 atom stereocenters. The quantitative estimate of drug-likeness (QED) is 0.0216. The highest BCUT2D eigenvalue weighted by atomic mass is 28.4. The van der Waals surface area contributed by atoms with E-state index in [-0.39, 0.29) is 40.3 Å². The number of carbonyl (C=O) groups excluding carboxylic acids is 2. The van der Waals surface area contributed by atoms with Gasteiger partial charge in [0.05, 0.1) is 38.6 Å². The Balaban J connectivity index is 3.05. The zero-order valence-electron chi connectivity index (χ0n) is 40.2. The van der Waals surface area contributed by atoms with Crippen molar-refractivity contribution in [2.75, 3.05) is 13.7 Å². The second kappa shape index (κ2) is 26.2. The molecule has 8 nitrogen and oxygen atoms in total. The number of methoxy groups -OCH3 is 1. The van der Waals surface area contributed by atoms with Crippen LogP contribution in [0.4, 0.5) is 0 Å². The van der Waals surface area contributed by atoms with Crippen LogP contribution < -0.4 is 4.74 Å². The number of ether oxygens (including phenoxy) is 4. The molecule has 1 aromatic rings. The second-order valence-electron chi connectivity index (χ2n) is 18.9. The maximum absolute atomic E-state index is 13.1. The zero-order chi connectivity index (χ0) is 45.7. The van der Waals surface area contributed by atoms with Crippen molar-refractivity contribution >= 4 is 28.6 Å². The summed E-state index contributed by atoms with van der Waals surface area (Å²) < 4.78 is 36.4. The summed E-state index contributed by atoms with van der Waals surface area (Å²) >= 11 is 0. The van der Waals surface area contributed by atoms with Crippen LogP contribution in [-0.2, 0) is 39.3 Å². The van der Waals surface area contributed by atoms with Crippen LogP contribution in [0.1, 0.15) is 113 Å². The molecule has 60 heavy (non-hydrogen) atoms. The molecule has 0 aliphatic carbocycles. The van der Waals surface area contributed by atoms with Crippen molar-refractivity contribution in [1.82, 2.24) is 0 Å². The third-order valence-corrected chi connectivity index (χ3v) is 20.7. The number of hydrogen-bond acceptors (Lipinski definition) is 8. The van der Waals surface area contributed by atoms with Crippen molar-refractivity contribution in [3.8, 4) is 5.75 Å². The number of esters is 2. The third kappa shape index (κ3) is 20.1. The Morgan fingerprint density at radius 1 is 0.833 bits per heavy atom. The minimum absolute atomic E-state index is 0.0597. The molecule has 0 radical (unpaired) electrons. The lowest BCUT2D eigenvalue weighted by molar-refractivity contribution is -0.144. The second-order valence-corrected chi connectivity index (χ2v) is 28.4. The van der Waals surface area contributed by atoms with E-state index < -0.39 is 28.7 Å². The van der Waals surface area contributed by atoms with Crippen molar-refractivity contribution in [2.45, 2.75) is 175 Å². The molecular formula is C50H82O8Si2. The van der Waals surface area contributed by atoms with Gasteiger partial charge in [0, 0.05) is 24.0 Å². The van der Waals surface area contributed by atoms with Crippen molar-refractivity contribution in [1.29, 1.82) is 0 Å². The van der Waals surface area contributed by atoms with Gasteiger partial charge in [0.25, 0.3) is 0 Å². The molecule has 1 rings (SSSR count). The van der Waals surface area contributed by atoms with Gasteiger partial charge in [0.2, 0.25) is 0 Å². The predicted octanol–water partition coefficient (Wildman–Crippen LogP) is 13.2. The summed E-state index contributed by atoms with van der Waals surface area (Å²) in [5.74, 6) is -0.223. The summed E-state index contributed by atoms with van der Waals surface area (Å²) in [5.41, 5.74) is 2.59. The fourth-order valence-corrected chi connectivity index (χ4v) is 8.41. The van der Waals surface area contributed by atoms with Crippen molar-refractivity contribution < 1.29 is 37.4 Å². The molecule has 0 N–H and O–H groups in total. The molecule has 0 aliphatic heterocycles. The number of rotatable bonds is 27. The molecule has 0 bridgehead atoms. The SMILES string of the molecule is C=C[C@H](CCC/C=C/C(=O)O[C@H](C/C(C)=C/C=C/CC[C@H](O[Si](C)(C)C(C)(C)C)[C@H](C=C)O[Si](C)(C)C(C)(C)C)[C@H](C)/C=C(\C)C(=O)OCC)OCc1ccc(OC)cc1. The van der Waals surface area contributed by atoms with Crippen LogP contribution in [0.5, 0.6) is 5.75 Å². The van der Waals surface area contributed by atoms with Crippen molar-refractivity contribution in [3.63, 3.8) is 0 Å². The topological polar surface area (TPSA) is 89.5 Å². The van der Waals surface area contributed by atoms with E-state index in [9.17, 15) is 9.59 Å². The fraction of sp³-hybridized carbons (Fsp3) is 0.600. The molecule has 0 unspecified atom stereocenters. The van der Waals surface area contributed by atoms with Crippen LogP contribution in [0.3, 0.4) is 0 Å². The summed E-state index contributed by atoms with van der Waals surface area (Å²) in [7, 11) is -2.53. The number of hydrogen-bond donors (Lipinski definition) is 0. The minimum Gasteiger partial charge on any atom is -0.497 e. The van der Waals surface area contributed by atoms with Crippen molar-refractivity contribution in [3.05, 3.63) is 103 Å². The zero-order valence-corrected chi connectivity index (χ0v) is 42.2. The fourth-order valence-electron chi connectivity index (χ4n) is 5.76. The largest absolute Gasteiger partial charge is 0.497 e. The highest BCUT2D eigenvalue weighted by molar-refractivity contribution is 6.74. The summed E-state index contributed by atoms with van der Waals surface area (Å²) in [6.45, 7) is 39.1. The molecule has 10 heteroatoms. The van der Waals surface area contributed by atoms with E-state index in [0.29, 0.717) is 31.6 Å². The Kier molecular flexibility index (Phi) is 23.9. The molecule has 0 fully saturated rings. The lowest BCUT2D eigenvalue weighted by Gasteiger charge is -2.44. The number of unbranched alkanes of at least 4 members (excludes halogenated alkanes) is 1. The average Bonchev–Trinajstić information content (AvgIpc) is 3.16. The number of carbonyl (C=O) groups is 2. The van der Waals surface area contributed by atoms with E-state index in [2.05, 4.69) is 99.1 Å². The molecule has 0 saturated carbocycles. The van der Waals surface area contributed by atoms with E-state index in [1.807, 2.05) is 62.4 Å². The molecule has 0 heterocycles. The van der Waals surface area contributed by atoms with E-state index in [0.717, 1.165) is 42.6 Å². The van der Waals surface area contributed by atoms with Gasteiger partial charge < -0.3 is 27.8 Å². The standard InChI is InChI=1S/C50H82O8Si2/c1-18-42(55-37-41-31-33-43(53-13)34-32-41)28-24-22-26-30-47(51)56-46(39(5)36-40(6)48(52)54-20-3)35-38(4)27-23-21-25-29-45(58-60(16,17)50(10,11)12)44(19-2)57-59(14,15)49(7,8)9/h18-19,21,23,26-27,30-34,36,39,42,44-46H,1-2,20,22,24-25,28-29,35,37H2,3-17H3/b23-21+,30-26+,38-27+,40-36+/t39-,42-,44+,45+,46-/m1/s1. The predicted molar refractivity (Wildman–Crippen MR) is 255 cm³/mol. The summed E-state index contributed by atoms with van der Waals surface area (Å²) in [5, 5.41) is 0.125. The Morgan fingerprint density at radius 3 is 2.00 bits per heavy atom. The number of allylic oxidation sites excluding steroid dienone is 4. The monoisotopic (exact) mass is 867 g/mol. The molecule has 0 aromatic heterocycles. The number of benzene rings is 1. The Labute approximate surface area is 367 Å². The minimum atomic E-state index is -2.10. The molecular weight excluding hydrogens is 785 g/mol. The highest BCUT2D eigenvalue weighted by Gasteiger charge is 2.44. The molecule has 0 aliphatic rings. The first-order chi connectivity index (χ1) is 27.9. The molecule has 338 valence electrons. The van der Waals surface area contributed by atoms with Crippen molar-refractivity contribution in [2.24, 2.45) is 5.92 Å². The molecule has 1 aromatic carbocycles. The first kappa shape index (κ1) is 54.7. The summed E-state index contributed by atoms with van der Waals surface area (Å²) in [4.78, 5) is 25.6. The van der Waals surface area contributed by atoms with Gasteiger partial charge in [0.1, 0.15) is 11.9 Å². The lowest BCUT2D eigenvalue weighted by Crippen LogP contribution is -2.51. The molecule has 0 amide bonds. The Hall–Kier alpha value is -3.29. The van der Waals surface area contributed by atoms with E-state index in [1.165, 1.54) is 6.08 Å². The van der Waals surface area contributed by atoms with E-state index >= 15 is 0 Å². The van der Waals surface area contributed by atoms with Gasteiger partial charge in [0.15, 0.2) is 16.6 Å². The first-order valence-electron chi connectivity index (χ1n) is 21.8. The van der Waals surface area contributed by atoms with Crippen LogP contribution in [0.15, 0.2) is 97.2 Å². The average molecular weight is 867 g/mol. The normalized spacial score (nSPS) is 16.0. The Morgan fingerprint density at radius 2 is 1.45 bits per heavy atom. The van der Waals surface area contributed by atoms with Gasteiger partial charge >= 0.3 is 11.9 Å². The lowest BCUT2D eigenvalue weighted by atomic mass is 9.95. The van der Waals surface area contributed by atoms with E-state index in [4.69, 9.17) is 27.8 Å². The van der Waals surface area contributed by atoms with Crippen LogP contribution >= 0.6 is 0 Å². The van der Waals surface area contributed by atoms with Gasteiger partial charge in [-0.05, 0) is 107 Å². The maximum atomic E-state index is 13.1. The molecule has 0 saturated heterocycles. The van der Waals surface area contributed by atoms with Crippen LogP contribution in [0.25, 0.3) is 0 Å². The smallest absolute Gasteiger partial charge is 0.333 e. The first-order valence-corrected chi connectivity index (χ1v) is 27.6. The maximum Gasteiger partial charge on any atom is 0.333 e. The van der Waals surface area contributed by atoms with Crippen LogP contribution in [-0.4, -0.2) is 66.7 Å². The summed E-state index contributed by atoms with van der Waals surface area (Å²) in [6, 6.07) is 7.80. The van der Waals surface area contributed by atoms with E-state index in [1.54, 1.807) is 21.0 Å². The van der Waals surface area contributed by atoms with Gasteiger partial charge in [-0.15, -0.1) is 13.2 Å². The van der Waals surface area contributed by atoms with Gasteiger partial charge in [-0.3, -0.25) is 0 Å². The third-order valence-electron chi connectivity index (χ3n) is 11.7. The molecule has 0 spiro atoms. The van der Waals surface area contributed by atoms with Gasteiger partial charge in [-0.2, -0.15) is 0 Å². The van der Waals surface area contributed by atoms with Gasteiger partial charge in [-0.1, -0.05) is 109 Å². The summed E-state index contributed by atoms with van der Waals surface area (Å²) in [6.07, 6.45) is 18.7. The van der Waals surface area contributed by atoms with Gasteiger partial charge in [-0.25, -0.2) is 9.59 Å². The Bertz CT molecular complexity index is 1590. The van der Waals surface area contributed by atoms with Crippen LogP contribution in [0, 0.1) is 5.92 Å².